The molecule has 2 aromatic rings. The minimum Gasteiger partial charge on any atom is -0.0919 e. The molecule has 0 aliphatic rings. The van der Waals surface area contributed by atoms with Gasteiger partial charge in [-0.3, -0.25) is 0 Å². The quantitative estimate of drug-likeness (QED) is 0.504. The van der Waals surface area contributed by atoms with Crippen molar-refractivity contribution >= 4 is 10.8 Å². The summed E-state index contributed by atoms with van der Waals surface area (Å²) in [5.41, 5.74) is 4.68. The zero-order chi connectivity index (χ0) is 18.1. The lowest BCUT2D eigenvalue weighted by Gasteiger charge is -2.12. The summed E-state index contributed by atoms with van der Waals surface area (Å²) in [6, 6.07) is 8.70. The molecule has 2 aromatic carbocycles. The minimum absolute atomic E-state index is 0.00578. The lowest BCUT2D eigenvalue weighted by Crippen LogP contribution is -2.00. The van der Waals surface area contributed by atoms with Crippen LogP contribution in [0.4, 0.5) is 0 Å². The molecule has 0 N–H and O–H groups in total. The number of rotatable bonds is 0. The van der Waals surface area contributed by atoms with Gasteiger partial charge in [-0.1, -0.05) is 47.9 Å². The number of aryl methyl sites for hydroxylation is 2. The third kappa shape index (κ3) is 4.43. The molecule has 0 fully saturated rings. The normalized spacial score (nSPS) is 11.5. The molecule has 0 saturated heterocycles. The fourth-order valence-electron chi connectivity index (χ4n) is 2.46. The van der Waals surface area contributed by atoms with Crippen molar-refractivity contribution in [1.82, 2.24) is 0 Å². The van der Waals surface area contributed by atoms with Crippen LogP contribution in [0.1, 0.15) is 63.8 Å². The van der Waals surface area contributed by atoms with Crippen LogP contribution in [0.2, 0.25) is 0 Å². The Morgan fingerprint density at radius 1 is 0.583 bits per heavy atom. The Kier molecular flexibility index (Phi) is 4.82. The van der Waals surface area contributed by atoms with Crippen LogP contribution >= 0.6 is 0 Å². The van der Waals surface area contributed by atoms with E-state index in [9.17, 15) is 0 Å². The number of fused-ring (bicyclic) bond motifs is 1. The van der Waals surface area contributed by atoms with Crippen LogP contribution in [-0.2, 0) is 0 Å². The molecule has 0 nitrogen and oxygen atoms in total. The fraction of sp³-hybridized carbons (Fsp3) is 0.417. The largest absolute Gasteiger partial charge is 0.0919 e. The maximum atomic E-state index is 3.42. The molecule has 0 aliphatic heterocycles. The van der Waals surface area contributed by atoms with Gasteiger partial charge in [-0.15, -0.1) is 0 Å². The highest BCUT2D eigenvalue weighted by atomic mass is 14.1. The second-order valence-corrected chi connectivity index (χ2v) is 8.61. The summed E-state index contributed by atoms with van der Waals surface area (Å²) in [7, 11) is 0. The summed E-state index contributed by atoms with van der Waals surface area (Å²) < 4.78 is 0. The molecule has 0 heterocycles. The van der Waals surface area contributed by atoms with Crippen molar-refractivity contribution < 1.29 is 0 Å². The summed E-state index contributed by atoms with van der Waals surface area (Å²) in [5, 5.41) is 2.41. The highest BCUT2D eigenvalue weighted by molar-refractivity contribution is 5.94. The minimum atomic E-state index is -0.00578. The van der Waals surface area contributed by atoms with E-state index in [-0.39, 0.29) is 10.8 Å². The van der Waals surface area contributed by atoms with Crippen molar-refractivity contribution in [2.45, 2.75) is 55.4 Å². The lowest BCUT2D eigenvalue weighted by atomic mass is 9.91. The molecule has 0 amide bonds. The van der Waals surface area contributed by atoms with Crippen LogP contribution in [0.3, 0.4) is 0 Å². The highest BCUT2D eigenvalue weighted by Crippen LogP contribution is 2.27. The number of hydrogen-bond donors (Lipinski definition) is 0. The van der Waals surface area contributed by atoms with Gasteiger partial charge in [-0.05, 0) is 77.3 Å². The summed E-state index contributed by atoms with van der Waals surface area (Å²) in [4.78, 5) is 0. The first-order valence-corrected chi connectivity index (χ1v) is 8.57. The van der Waals surface area contributed by atoms with E-state index in [1.54, 1.807) is 0 Å². The SMILES string of the molecule is Cc1ccc2c(C#CC(C)(C)C)c(C)ccc2c1C#CC(C)(C)C. The van der Waals surface area contributed by atoms with E-state index < -0.39 is 0 Å². The maximum absolute atomic E-state index is 3.42. The molecule has 0 aromatic heterocycles. The van der Waals surface area contributed by atoms with E-state index in [4.69, 9.17) is 0 Å². The van der Waals surface area contributed by atoms with E-state index in [1.165, 1.54) is 21.9 Å². The van der Waals surface area contributed by atoms with Crippen molar-refractivity contribution in [1.29, 1.82) is 0 Å². The average molecular weight is 316 g/mol. The van der Waals surface area contributed by atoms with Gasteiger partial charge in [0.1, 0.15) is 0 Å². The van der Waals surface area contributed by atoms with Crippen molar-refractivity contribution in [2.75, 3.05) is 0 Å². The van der Waals surface area contributed by atoms with Gasteiger partial charge in [0.2, 0.25) is 0 Å². The molecule has 0 saturated carbocycles. The van der Waals surface area contributed by atoms with Gasteiger partial charge in [0.15, 0.2) is 0 Å². The zero-order valence-electron chi connectivity index (χ0n) is 16.3. The molecule has 0 unspecified atom stereocenters. The fourth-order valence-corrected chi connectivity index (χ4v) is 2.46. The van der Waals surface area contributed by atoms with Crippen molar-refractivity contribution in [3.8, 4) is 23.7 Å². The Hall–Kier alpha value is -2.18. The topological polar surface area (TPSA) is 0 Å². The van der Waals surface area contributed by atoms with E-state index in [0.29, 0.717) is 0 Å². The summed E-state index contributed by atoms with van der Waals surface area (Å²) in [6.45, 7) is 17.1. The predicted molar refractivity (Wildman–Crippen MR) is 106 cm³/mol. The van der Waals surface area contributed by atoms with Crippen LogP contribution in [0.5, 0.6) is 0 Å². The molecular weight excluding hydrogens is 288 g/mol. The molecule has 0 aliphatic carbocycles. The van der Waals surface area contributed by atoms with Crippen LogP contribution in [0.25, 0.3) is 10.8 Å². The Balaban J connectivity index is 2.77. The standard InChI is InChI=1S/C24H28/c1-17-9-11-22-20(14-16-24(6,7)8)18(2)10-12-21(22)19(17)13-15-23(3,4)5/h9-12H,1-8H3. The zero-order valence-corrected chi connectivity index (χ0v) is 16.3. The van der Waals surface area contributed by atoms with Crippen molar-refractivity contribution in [3.63, 3.8) is 0 Å². The van der Waals surface area contributed by atoms with E-state index in [1.807, 2.05) is 0 Å². The highest BCUT2D eigenvalue weighted by Gasteiger charge is 2.10. The van der Waals surface area contributed by atoms with E-state index >= 15 is 0 Å². The van der Waals surface area contributed by atoms with Crippen LogP contribution < -0.4 is 0 Å². The molecule has 2 rings (SSSR count). The van der Waals surface area contributed by atoms with Gasteiger partial charge in [-0.2, -0.15) is 0 Å². The number of hydrogen-bond acceptors (Lipinski definition) is 0. The van der Waals surface area contributed by atoms with Gasteiger partial charge < -0.3 is 0 Å². The molecular formula is C24H28. The second kappa shape index (κ2) is 6.37. The Morgan fingerprint density at radius 3 is 1.21 bits per heavy atom. The van der Waals surface area contributed by atoms with Crippen LogP contribution in [0.15, 0.2) is 24.3 Å². The van der Waals surface area contributed by atoms with Gasteiger partial charge >= 0.3 is 0 Å². The van der Waals surface area contributed by atoms with Gasteiger partial charge in [-0.25, -0.2) is 0 Å². The van der Waals surface area contributed by atoms with Crippen molar-refractivity contribution in [2.24, 2.45) is 10.8 Å². The smallest absolute Gasteiger partial charge is 0.0353 e. The molecule has 0 atom stereocenters. The number of benzene rings is 2. The van der Waals surface area contributed by atoms with Gasteiger partial charge in [0, 0.05) is 22.0 Å². The third-order valence-electron chi connectivity index (χ3n) is 3.74. The second-order valence-electron chi connectivity index (χ2n) is 8.61. The van der Waals surface area contributed by atoms with Gasteiger partial charge in [0.25, 0.3) is 0 Å². The molecule has 0 bridgehead atoms. The van der Waals surface area contributed by atoms with Gasteiger partial charge in [0.05, 0.1) is 0 Å². The summed E-state index contributed by atoms with van der Waals surface area (Å²) in [5.74, 6) is 13.6. The molecule has 0 spiro atoms. The first kappa shape index (κ1) is 18.2. The molecule has 0 radical (unpaired) electrons. The summed E-state index contributed by atoms with van der Waals surface area (Å²) >= 11 is 0. The first-order chi connectivity index (χ1) is 11.0. The third-order valence-corrected chi connectivity index (χ3v) is 3.74. The average Bonchev–Trinajstić information content (AvgIpc) is 2.43. The van der Waals surface area contributed by atoms with Crippen LogP contribution in [0, 0.1) is 48.4 Å². The predicted octanol–water partition coefficient (Wildman–Crippen LogP) is 6.25. The Morgan fingerprint density at radius 2 is 0.917 bits per heavy atom. The Labute approximate surface area is 147 Å². The molecule has 24 heavy (non-hydrogen) atoms. The van der Waals surface area contributed by atoms with Crippen LogP contribution in [-0.4, -0.2) is 0 Å². The maximum Gasteiger partial charge on any atom is 0.0353 e. The monoisotopic (exact) mass is 316 g/mol. The molecule has 0 heteroatoms. The van der Waals surface area contributed by atoms with E-state index in [0.717, 1.165) is 11.1 Å². The Bertz CT molecular complexity index is 812. The van der Waals surface area contributed by atoms with Crippen molar-refractivity contribution in [3.05, 3.63) is 46.5 Å². The first-order valence-electron chi connectivity index (χ1n) is 8.57. The molecule has 124 valence electrons. The van der Waals surface area contributed by atoms with E-state index in [2.05, 4.69) is 103 Å². The lowest BCUT2D eigenvalue weighted by molar-refractivity contribution is 0.570. The summed E-state index contributed by atoms with van der Waals surface area (Å²) in [6.07, 6.45) is 0.